The Labute approximate surface area is 82.1 Å². The largest absolute Gasteiger partial charge is 0.492 e. The Morgan fingerprint density at radius 2 is 2.29 bits per heavy atom. The van der Waals surface area contributed by atoms with Crippen LogP contribution < -0.4 is 15.8 Å². The Kier molecular flexibility index (Phi) is 2.37. The SMILES string of the molecule is NC(=O)[C@H]1NCCOc2ccccc21. The van der Waals surface area contributed by atoms with Crippen molar-refractivity contribution in [3.63, 3.8) is 0 Å². The van der Waals surface area contributed by atoms with Gasteiger partial charge in [0, 0.05) is 12.1 Å². The maximum Gasteiger partial charge on any atom is 0.239 e. The molecule has 0 spiro atoms. The van der Waals surface area contributed by atoms with E-state index in [0.29, 0.717) is 13.2 Å². The molecule has 0 unspecified atom stereocenters. The second-order valence-corrected chi connectivity index (χ2v) is 3.18. The number of hydrogen-bond acceptors (Lipinski definition) is 3. The van der Waals surface area contributed by atoms with Crippen molar-refractivity contribution in [2.75, 3.05) is 13.2 Å². The van der Waals surface area contributed by atoms with Crippen LogP contribution in [0.1, 0.15) is 11.6 Å². The number of primary amides is 1. The first-order valence-electron chi connectivity index (χ1n) is 4.53. The third kappa shape index (κ3) is 1.56. The van der Waals surface area contributed by atoms with Gasteiger partial charge in [0.15, 0.2) is 0 Å². The van der Waals surface area contributed by atoms with E-state index >= 15 is 0 Å². The predicted molar refractivity (Wildman–Crippen MR) is 51.9 cm³/mol. The summed E-state index contributed by atoms with van der Waals surface area (Å²) >= 11 is 0. The Hall–Kier alpha value is -1.55. The number of hydrogen-bond donors (Lipinski definition) is 2. The highest BCUT2D eigenvalue weighted by atomic mass is 16.5. The average molecular weight is 192 g/mol. The number of amides is 1. The molecular weight excluding hydrogens is 180 g/mol. The molecule has 1 aromatic carbocycles. The summed E-state index contributed by atoms with van der Waals surface area (Å²) in [6.07, 6.45) is 0. The van der Waals surface area contributed by atoms with Crippen molar-refractivity contribution in [1.82, 2.24) is 5.32 Å². The standard InChI is InChI=1S/C10H12N2O2/c11-10(13)9-7-3-1-2-4-8(7)14-6-5-12-9/h1-4,9,12H,5-6H2,(H2,11,13)/t9-/m0/s1. The quantitative estimate of drug-likeness (QED) is 0.667. The first kappa shape index (κ1) is 9.02. The van der Waals surface area contributed by atoms with Gasteiger partial charge in [0.05, 0.1) is 0 Å². The number of carbonyl (C=O) groups is 1. The first-order valence-corrected chi connectivity index (χ1v) is 4.53. The van der Waals surface area contributed by atoms with E-state index in [4.69, 9.17) is 10.5 Å². The van der Waals surface area contributed by atoms with Crippen LogP contribution in [0.5, 0.6) is 5.75 Å². The zero-order valence-corrected chi connectivity index (χ0v) is 7.69. The van der Waals surface area contributed by atoms with Gasteiger partial charge in [0.25, 0.3) is 0 Å². The van der Waals surface area contributed by atoms with Crippen LogP contribution in [-0.4, -0.2) is 19.1 Å². The van der Waals surface area contributed by atoms with Gasteiger partial charge in [-0.1, -0.05) is 18.2 Å². The van der Waals surface area contributed by atoms with E-state index < -0.39 is 6.04 Å². The monoisotopic (exact) mass is 192 g/mol. The van der Waals surface area contributed by atoms with Crippen molar-refractivity contribution in [3.8, 4) is 5.75 Å². The fraction of sp³-hybridized carbons (Fsp3) is 0.300. The maximum atomic E-state index is 11.2. The van der Waals surface area contributed by atoms with E-state index in [1.807, 2.05) is 24.3 Å². The smallest absolute Gasteiger partial charge is 0.239 e. The zero-order chi connectivity index (χ0) is 9.97. The molecule has 4 heteroatoms. The van der Waals surface area contributed by atoms with Crippen LogP contribution >= 0.6 is 0 Å². The average Bonchev–Trinajstić information content (AvgIpc) is 2.39. The number of ether oxygens (including phenoxy) is 1. The van der Waals surface area contributed by atoms with Gasteiger partial charge >= 0.3 is 0 Å². The highest BCUT2D eigenvalue weighted by Crippen LogP contribution is 2.26. The zero-order valence-electron chi connectivity index (χ0n) is 7.69. The van der Waals surface area contributed by atoms with Gasteiger partial charge in [-0.2, -0.15) is 0 Å². The molecule has 0 bridgehead atoms. The number of rotatable bonds is 1. The van der Waals surface area contributed by atoms with Crippen LogP contribution in [0.2, 0.25) is 0 Å². The van der Waals surface area contributed by atoms with E-state index in [0.717, 1.165) is 11.3 Å². The third-order valence-electron chi connectivity index (χ3n) is 2.22. The van der Waals surface area contributed by atoms with Crippen molar-refractivity contribution in [3.05, 3.63) is 29.8 Å². The van der Waals surface area contributed by atoms with E-state index in [2.05, 4.69) is 5.32 Å². The van der Waals surface area contributed by atoms with E-state index in [1.54, 1.807) is 0 Å². The van der Waals surface area contributed by atoms with Crippen molar-refractivity contribution < 1.29 is 9.53 Å². The van der Waals surface area contributed by atoms with Gasteiger partial charge in [0.2, 0.25) is 5.91 Å². The molecule has 1 heterocycles. The fourth-order valence-electron chi connectivity index (χ4n) is 1.58. The molecule has 1 atom stereocenters. The number of carbonyl (C=O) groups excluding carboxylic acids is 1. The minimum absolute atomic E-state index is 0.372. The Balaban J connectivity index is 2.42. The van der Waals surface area contributed by atoms with Crippen LogP contribution in [0.25, 0.3) is 0 Å². The summed E-state index contributed by atoms with van der Waals surface area (Å²) in [4.78, 5) is 11.2. The van der Waals surface area contributed by atoms with Crippen LogP contribution in [-0.2, 0) is 4.79 Å². The molecule has 4 nitrogen and oxygen atoms in total. The van der Waals surface area contributed by atoms with Crippen molar-refractivity contribution in [2.45, 2.75) is 6.04 Å². The van der Waals surface area contributed by atoms with Gasteiger partial charge < -0.3 is 10.5 Å². The molecule has 74 valence electrons. The topological polar surface area (TPSA) is 64.4 Å². The molecular formula is C10H12N2O2. The molecule has 0 radical (unpaired) electrons. The molecule has 0 aliphatic carbocycles. The Bertz CT molecular complexity index is 352. The summed E-state index contributed by atoms with van der Waals surface area (Å²) in [6, 6.07) is 7.00. The predicted octanol–water partition coefficient (Wildman–Crippen LogP) is 0.195. The van der Waals surface area contributed by atoms with Crippen molar-refractivity contribution in [2.24, 2.45) is 5.73 Å². The molecule has 1 aromatic rings. The lowest BCUT2D eigenvalue weighted by Gasteiger charge is -2.13. The van der Waals surface area contributed by atoms with Crippen molar-refractivity contribution in [1.29, 1.82) is 0 Å². The summed E-state index contributed by atoms with van der Waals surface area (Å²) in [5.74, 6) is 0.365. The van der Waals surface area contributed by atoms with Crippen molar-refractivity contribution >= 4 is 5.91 Å². The fourth-order valence-corrected chi connectivity index (χ4v) is 1.58. The number of benzene rings is 1. The number of para-hydroxylation sites is 1. The molecule has 0 saturated heterocycles. The van der Waals surface area contributed by atoms with Crippen LogP contribution in [0.4, 0.5) is 0 Å². The molecule has 1 aliphatic rings. The molecule has 0 saturated carbocycles. The van der Waals surface area contributed by atoms with E-state index in [1.165, 1.54) is 0 Å². The van der Waals surface area contributed by atoms with Gasteiger partial charge in [-0.25, -0.2) is 0 Å². The number of nitrogens with one attached hydrogen (secondary N) is 1. The summed E-state index contributed by atoms with van der Waals surface area (Å²) in [6.45, 7) is 1.18. The second kappa shape index (κ2) is 3.67. The molecule has 3 N–H and O–H groups in total. The summed E-state index contributed by atoms with van der Waals surface area (Å²) in [5.41, 5.74) is 6.11. The molecule has 0 aromatic heterocycles. The highest BCUT2D eigenvalue weighted by Gasteiger charge is 2.22. The molecule has 2 rings (SSSR count). The number of fused-ring (bicyclic) bond motifs is 1. The lowest BCUT2D eigenvalue weighted by atomic mass is 10.1. The molecule has 1 aliphatic heterocycles. The van der Waals surface area contributed by atoms with Crippen LogP contribution in [0.3, 0.4) is 0 Å². The molecule has 1 amide bonds. The lowest BCUT2D eigenvalue weighted by Crippen LogP contribution is -2.33. The molecule has 0 fully saturated rings. The first-order chi connectivity index (χ1) is 6.79. The van der Waals surface area contributed by atoms with Gasteiger partial charge in [0.1, 0.15) is 18.4 Å². The Morgan fingerprint density at radius 1 is 1.50 bits per heavy atom. The highest BCUT2D eigenvalue weighted by molar-refractivity contribution is 5.82. The van der Waals surface area contributed by atoms with Crippen LogP contribution in [0.15, 0.2) is 24.3 Å². The van der Waals surface area contributed by atoms with E-state index in [9.17, 15) is 4.79 Å². The lowest BCUT2D eigenvalue weighted by molar-refractivity contribution is -0.120. The molecule has 14 heavy (non-hydrogen) atoms. The Morgan fingerprint density at radius 3 is 3.07 bits per heavy atom. The summed E-state index contributed by atoms with van der Waals surface area (Å²) in [7, 11) is 0. The maximum absolute atomic E-state index is 11.2. The summed E-state index contributed by atoms with van der Waals surface area (Å²) in [5, 5.41) is 3.04. The second-order valence-electron chi connectivity index (χ2n) is 3.18. The third-order valence-corrected chi connectivity index (χ3v) is 2.22. The normalized spacial score (nSPS) is 20.4. The van der Waals surface area contributed by atoms with Crippen LogP contribution in [0, 0.1) is 0 Å². The van der Waals surface area contributed by atoms with Gasteiger partial charge in [-0.3, -0.25) is 10.1 Å². The minimum atomic E-state index is -0.436. The van der Waals surface area contributed by atoms with E-state index in [-0.39, 0.29) is 5.91 Å². The minimum Gasteiger partial charge on any atom is -0.492 e. The summed E-state index contributed by atoms with van der Waals surface area (Å²) < 4.78 is 5.46. The number of nitrogens with two attached hydrogens (primary N) is 1. The van der Waals surface area contributed by atoms with Gasteiger partial charge in [-0.15, -0.1) is 0 Å². The van der Waals surface area contributed by atoms with Gasteiger partial charge in [-0.05, 0) is 6.07 Å².